The Morgan fingerprint density at radius 1 is 1.64 bits per heavy atom. The van der Waals surface area contributed by atoms with Crippen molar-refractivity contribution >= 4 is 30.0 Å². The van der Waals surface area contributed by atoms with Gasteiger partial charge in [0.2, 0.25) is 0 Å². The van der Waals surface area contributed by atoms with Gasteiger partial charge in [0.1, 0.15) is 5.15 Å². The molecule has 0 aromatic carbocycles. The predicted molar refractivity (Wildman–Crippen MR) is 53.7 cm³/mol. The summed E-state index contributed by atoms with van der Waals surface area (Å²) in [6.45, 7) is 1.15. The van der Waals surface area contributed by atoms with E-state index < -0.39 is 11.6 Å². The summed E-state index contributed by atoms with van der Waals surface area (Å²) in [5.41, 5.74) is -1.91. The Morgan fingerprint density at radius 2 is 2.21 bits per heavy atom. The maximum atomic E-state index is 10.6. The van der Waals surface area contributed by atoms with Crippen LogP contribution in [0.25, 0.3) is 0 Å². The summed E-state index contributed by atoms with van der Waals surface area (Å²) in [7, 11) is 0. The van der Waals surface area contributed by atoms with Gasteiger partial charge in [0.05, 0.1) is 0 Å². The van der Waals surface area contributed by atoms with E-state index in [9.17, 15) is 9.90 Å². The van der Waals surface area contributed by atoms with Gasteiger partial charge in [-0.2, -0.15) is 0 Å². The van der Waals surface area contributed by atoms with Crippen LogP contribution in [0.1, 0.15) is 12.5 Å². The quantitative estimate of drug-likeness (QED) is 0.765. The molecule has 0 spiro atoms. The van der Waals surface area contributed by atoms with E-state index in [4.69, 9.17) is 16.7 Å². The maximum Gasteiger partial charge on any atom is 0.340 e. The molecule has 1 aromatic heterocycles. The molecule has 78 valence electrons. The predicted octanol–water partition coefficient (Wildman–Crippen LogP) is 1.45. The highest BCUT2D eigenvalue weighted by Crippen LogP contribution is 2.25. The second-order valence-electron chi connectivity index (χ2n) is 2.72. The Morgan fingerprint density at radius 3 is 2.64 bits per heavy atom. The van der Waals surface area contributed by atoms with Crippen molar-refractivity contribution in [2.45, 2.75) is 12.5 Å². The molecule has 14 heavy (non-hydrogen) atoms. The van der Waals surface area contributed by atoms with Crippen LogP contribution < -0.4 is 0 Å². The molecule has 0 saturated heterocycles. The van der Waals surface area contributed by atoms with E-state index in [1.807, 2.05) is 0 Å². The Hall–Kier alpha value is -0.840. The summed E-state index contributed by atoms with van der Waals surface area (Å²) in [6.07, 6.45) is 1.42. The van der Waals surface area contributed by atoms with Gasteiger partial charge in [-0.05, 0) is 13.0 Å². The molecule has 0 fully saturated rings. The largest absolute Gasteiger partial charge is 0.479 e. The number of aliphatic carboxylic acids is 1. The van der Waals surface area contributed by atoms with Crippen LogP contribution in [0.2, 0.25) is 5.15 Å². The van der Waals surface area contributed by atoms with Crippen LogP contribution in [0.4, 0.5) is 0 Å². The van der Waals surface area contributed by atoms with E-state index in [-0.39, 0.29) is 23.1 Å². The van der Waals surface area contributed by atoms with Crippen molar-refractivity contribution in [3.8, 4) is 0 Å². The lowest BCUT2D eigenvalue weighted by Gasteiger charge is -2.18. The Balaban J connectivity index is 0.00000169. The van der Waals surface area contributed by atoms with Gasteiger partial charge in [0.15, 0.2) is 5.60 Å². The Bertz CT molecular complexity index is 341. The molecule has 0 radical (unpaired) electrons. The molecule has 1 atom stereocenters. The summed E-state index contributed by atoms with van der Waals surface area (Å²) in [5.74, 6) is -1.36. The van der Waals surface area contributed by atoms with Gasteiger partial charge in [-0.15, -0.1) is 12.4 Å². The fourth-order valence-electron chi connectivity index (χ4n) is 0.864. The number of rotatable bonds is 2. The molecule has 1 aromatic rings. The summed E-state index contributed by atoms with van der Waals surface area (Å²) >= 11 is 5.62. The summed E-state index contributed by atoms with van der Waals surface area (Å²) in [4.78, 5) is 14.3. The molecule has 0 aliphatic rings. The second kappa shape index (κ2) is 4.59. The average Bonchev–Trinajstić information content (AvgIpc) is 2.04. The van der Waals surface area contributed by atoms with Crippen LogP contribution in [0.3, 0.4) is 0 Å². The minimum atomic E-state index is -1.99. The molecular formula is C8H9Cl2NO3. The zero-order chi connectivity index (χ0) is 10.1. The lowest BCUT2D eigenvalue weighted by atomic mass is 9.98. The first-order chi connectivity index (χ1) is 5.96. The third-order valence-electron chi connectivity index (χ3n) is 1.70. The van der Waals surface area contributed by atoms with Gasteiger partial charge in [-0.1, -0.05) is 17.7 Å². The zero-order valence-corrected chi connectivity index (χ0v) is 8.84. The first kappa shape index (κ1) is 13.2. The minimum Gasteiger partial charge on any atom is -0.479 e. The fourth-order valence-corrected chi connectivity index (χ4v) is 1.17. The van der Waals surface area contributed by atoms with Crippen molar-refractivity contribution < 1.29 is 15.0 Å². The second-order valence-corrected chi connectivity index (χ2v) is 3.08. The number of hydrogen-bond donors (Lipinski definition) is 2. The van der Waals surface area contributed by atoms with E-state index in [0.29, 0.717) is 0 Å². The normalized spacial score (nSPS) is 13.9. The molecular weight excluding hydrogens is 229 g/mol. The van der Waals surface area contributed by atoms with Crippen molar-refractivity contribution in [1.82, 2.24) is 4.98 Å². The van der Waals surface area contributed by atoms with Gasteiger partial charge >= 0.3 is 5.97 Å². The van der Waals surface area contributed by atoms with Crippen LogP contribution in [-0.2, 0) is 10.4 Å². The van der Waals surface area contributed by atoms with Gasteiger partial charge < -0.3 is 10.2 Å². The van der Waals surface area contributed by atoms with Crippen molar-refractivity contribution in [2.24, 2.45) is 0 Å². The summed E-state index contributed by atoms with van der Waals surface area (Å²) in [6, 6.07) is 2.93. The first-order valence-electron chi connectivity index (χ1n) is 3.53. The minimum absolute atomic E-state index is 0. The molecule has 0 aliphatic carbocycles. The van der Waals surface area contributed by atoms with Gasteiger partial charge in [-0.3, -0.25) is 0 Å². The smallest absolute Gasteiger partial charge is 0.340 e. The number of aromatic nitrogens is 1. The van der Waals surface area contributed by atoms with Crippen molar-refractivity contribution in [2.75, 3.05) is 0 Å². The summed E-state index contributed by atoms with van der Waals surface area (Å²) in [5, 5.41) is 18.2. The fraction of sp³-hybridized carbons (Fsp3) is 0.250. The van der Waals surface area contributed by atoms with Crippen molar-refractivity contribution in [3.63, 3.8) is 0 Å². The Kier molecular flexibility index (Phi) is 4.32. The van der Waals surface area contributed by atoms with Crippen LogP contribution in [0.15, 0.2) is 18.3 Å². The van der Waals surface area contributed by atoms with Crippen LogP contribution in [0, 0.1) is 0 Å². The highest BCUT2D eigenvalue weighted by atomic mass is 35.5. The van der Waals surface area contributed by atoms with Crippen LogP contribution in [0.5, 0.6) is 0 Å². The standard InChI is InChI=1S/C8H8ClNO3.ClH/c1-8(13,7(11)12)5-3-2-4-10-6(5)9;/h2-4,13H,1H3,(H,11,12);1H. The highest BCUT2D eigenvalue weighted by Gasteiger charge is 2.34. The number of nitrogens with zero attached hydrogens (tertiary/aromatic N) is 1. The number of carboxylic acids is 1. The highest BCUT2D eigenvalue weighted by molar-refractivity contribution is 6.30. The lowest BCUT2D eigenvalue weighted by molar-refractivity contribution is -0.157. The van der Waals surface area contributed by atoms with E-state index in [2.05, 4.69) is 4.98 Å². The molecule has 1 unspecified atom stereocenters. The molecule has 6 heteroatoms. The van der Waals surface area contributed by atoms with Gasteiger partial charge in [0.25, 0.3) is 0 Å². The number of carboxylic acid groups (broad SMARTS) is 1. The third kappa shape index (κ3) is 2.35. The third-order valence-corrected chi connectivity index (χ3v) is 2.00. The van der Waals surface area contributed by atoms with Gasteiger partial charge in [-0.25, -0.2) is 9.78 Å². The molecule has 1 rings (SSSR count). The SMILES string of the molecule is CC(O)(C(=O)O)c1cccnc1Cl.Cl. The number of halogens is 2. The van der Waals surface area contributed by atoms with E-state index in [0.717, 1.165) is 6.92 Å². The zero-order valence-electron chi connectivity index (χ0n) is 7.27. The molecule has 4 nitrogen and oxygen atoms in total. The molecule has 0 aliphatic heterocycles. The lowest BCUT2D eigenvalue weighted by Crippen LogP contribution is -2.32. The molecule has 1 heterocycles. The average molecular weight is 238 g/mol. The Labute approximate surface area is 92.0 Å². The first-order valence-corrected chi connectivity index (χ1v) is 3.91. The van der Waals surface area contributed by atoms with E-state index >= 15 is 0 Å². The number of carbonyl (C=O) groups is 1. The molecule has 0 amide bonds. The van der Waals surface area contributed by atoms with E-state index in [1.54, 1.807) is 0 Å². The van der Waals surface area contributed by atoms with Crippen molar-refractivity contribution in [1.29, 1.82) is 0 Å². The number of hydrogen-bond acceptors (Lipinski definition) is 3. The topological polar surface area (TPSA) is 70.4 Å². The molecule has 0 saturated carbocycles. The summed E-state index contributed by atoms with van der Waals surface area (Å²) < 4.78 is 0. The molecule has 0 bridgehead atoms. The van der Waals surface area contributed by atoms with Crippen molar-refractivity contribution in [3.05, 3.63) is 29.0 Å². The van der Waals surface area contributed by atoms with Crippen LogP contribution in [-0.4, -0.2) is 21.2 Å². The number of aliphatic hydroxyl groups is 1. The maximum absolute atomic E-state index is 10.6. The number of pyridine rings is 1. The molecule has 2 N–H and O–H groups in total. The van der Waals surface area contributed by atoms with E-state index in [1.165, 1.54) is 18.3 Å². The van der Waals surface area contributed by atoms with Crippen LogP contribution >= 0.6 is 24.0 Å². The monoisotopic (exact) mass is 237 g/mol. The van der Waals surface area contributed by atoms with Gasteiger partial charge in [0, 0.05) is 11.8 Å².